The first-order chi connectivity index (χ1) is 10.1. The second-order valence-electron chi connectivity index (χ2n) is 5.97. The number of rotatable bonds is 3. The van der Waals surface area contributed by atoms with Crippen LogP contribution < -0.4 is 5.73 Å². The lowest BCUT2D eigenvalue weighted by atomic mass is 9.84. The molecule has 0 saturated carbocycles. The summed E-state index contributed by atoms with van der Waals surface area (Å²) in [5.74, 6) is 1.06. The highest BCUT2D eigenvalue weighted by molar-refractivity contribution is 5.80. The molecular weight excluding hydrogens is 258 g/mol. The van der Waals surface area contributed by atoms with Gasteiger partial charge in [0, 0.05) is 19.0 Å². The minimum absolute atomic E-state index is 0.152. The van der Waals surface area contributed by atoms with Gasteiger partial charge in [-0.2, -0.15) is 0 Å². The fraction of sp³-hybridized carbons (Fsp3) is 0.278. The predicted molar refractivity (Wildman–Crippen MR) is 87.2 cm³/mol. The lowest BCUT2D eigenvalue weighted by molar-refractivity contribution is 0.567. The van der Waals surface area contributed by atoms with E-state index in [0.717, 1.165) is 22.4 Å². The molecule has 0 aliphatic heterocycles. The van der Waals surface area contributed by atoms with Crippen LogP contribution in [0.4, 0.5) is 0 Å². The first-order valence-corrected chi connectivity index (χ1v) is 7.26. The monoisotopic (exact) mass is 279 g/mol. The molecule has 0 radical (unpaired) electrons. The fourth-order valence-electron chi connectivity index (χ4n) is 2.98. The average Bonchev–Trinajstić information content (AvgIpc) is 2.86. The summed E-state index contributed by atoms with van der Waals surface area (Å²) in [5.41, 5.74) is 10.2. The number of imidazole rings is 1. The molecule has 0 bridgehead atoms. The van der Waals surface area contributed by atoms with Crippen LogP contribution in [0.5, 0.6) is 0 Å². The Morgan fingerprint density at radius 2 is 1.76 bits per heavy atom. The van der Waals surface area contributed by atoms with Gasteiger partial charge in [0.05, 0.1) is 11.0 Å². The number of nitrogens with zero attached hydrogens (tertiary/aromatic N) is 2. The highest BCUT2D eigenvalue weighted by Crippen LogP contribution is 2.33. The van der Waals surface area contributed by atoms with Crippen molar-refractivity contribution < 1.29 is 0 Å². The summed E-state index contributed by atoms with van der Waals surface area (Å²) in [4.78, 5) is 4.91. The minimum atomic E-state index is -0.152. The summed E-state index contributed by atoms with van der Waals surface area (Å²) in [6.07, 6.45) is 0. The zero-order chi connectivity index (χ0) is 15.0. The van der Waals surface area contributed by atoms with E-state index in [0.29, 0.717) is 6.54 Å². The van der Waals surface area contributed by atoms with Crippen molar-refractivity contribution in [1.82, 2.24) is 9.55 Å². The number of benzene rings is 2. The van der Waals surface area contributed by atoms with Crippen LogP contribution in [0, 0.1) is 0 Å². The third kappa shape index (κ3) is 2.14. The standard InChI is InChI=1S/C18H21N3/c1-18(2,14-9-5-4-6-10-14)17-20-16-13(12-19)8-7-11-15(16)21(17)3/h4-11H,12,19H2,1-3H3. The fourth-order valence-corrected chi connectivity index (χ4v) is 2.98. The minimum Gasteiger partial charge on any atom is -0.330 e. The molecule has 3 aromatic rings. The van der Waals surface area contributed by atoms with E-state index in [9.17, 15) is 0 Å². The van der Waals surface area contributed by atoms with Gasteiger partial charge < -0.3 is 10.3 Å². The molecule has 21 heavy (non-hydrogen) atoms. The first-order valence-electron chi connectivity index (χ1n) is 7.26. The van der Waals surface area contributed by atoms with Crippen molar-refractivity contribution >= 4 is 11.0 Å². The quantitative estimate of drug-likeness (QED) is 0.799. The molecule has 3 heteroatoms. The lowest BCUT2D eigenvalue weighted by Gasteiger charge is -2.24. The van der Waals surface area contributed by atoms with E-state index in [-0.39, 0.29) is 5.41 Å². The molecule has 0 aliphatic carbocycles. The van der Waals surface area contributed by atoms with E-state index in [1.165, 1.54) is 5.56 Å². The van der Waals surface area contributed by atoms with E-state index in [4.69, 9.17) is 10.7 Å². The van der Waals surface area contributed by atoms with Gasteiger partial charge >= 0.3 is 0 Å². The van der Waals surface area contributed by atoms with Crippen LogP contribution in [0.25, 0.3) is 11.0 Å². The van der Waals surface area contributed by atoms with Crippen molar-refractivity contribution in [1.29, 1.82) is 0 Å². The number of para-hydroxylation sites is 1. The summed E-state index contributed by atoms with van der Waals surface area (Å²) >= 11 is 0. The summed E-state index contributed by atoms with van der Waals surface area (Å²) in [5, 5.41) is 0. The van der Waals surface area contributed by atoms with Crippen LogP contribution >= 0.6 is 0 Å². The Balaban J connectivity index is 2.23. The van der Waals surface area contributed by atoms with Crippen molar-refractivity contribution in [3.63, 3.8) is 0 Å². The van der Waals surface area contributed by atoms with Gasteiger partial charge in [-0.15, -0.1) is 0 Å². The third-order valence-corrected chi connectivity index (χ3v) is 4.27. The van der Waals surface area contributed by atoms with Gasteiger partial charge in [-0.25, -0.2) is 4.98 Å². The number of hydrogen-bond donors (Lipinski definition) is 1. The normalized spacial score (nSPS) is 12.0. The molecule has 1 aromatic heterocycles. The maximum absolute atomic E-state index is 5.85. The zero-order valence-electron chi connectivity index (χ0n) is 12.8. The summed E-state index contributed by atoms with van der Waals surface area (Å²) < 4.78 is 2.18. The molecule has 3 rings (SSSR count). The maximum atomic E-state index is 5.85. The van der Waals surface area contributed by atoms with Gasteiger partial charge in [0.25, 0.3) is 0 Å². The second-order valence-corrected chi connectivity index (χ2v) is 5.97. The van der Waals surface area contributed by atoms with E-state index in [1.54, 1.807) is 0 Å². The van der Waals surface area contributed by atoms with Gasteiger partial charge in [0.15, 0.2) is 0 Å². The largest absolute Gasteiger partial charge is 0.330 e. The Kier molecular flexibility index (Phi) is 3.30. The zero-order valence-corrected chi connectivity index (χ0v) is 12.8. The molecule has 2 aromatic carbocycles. The molecule has 1 heterocycles. The topological polar surface area (TPSA) is 43.8 Å². The SMILES string of the molecule is Cn1c(C(C)(C)c2ccccc2)nc2c(CN)cccc21. The Labute approximate surface area is 125 Å². The molecule has 3 nitrogen and oxygen atoms in total. The smallest absolute Gasteiger partial charge is 0.119 e. The lowest BCUT2D eigenvalue weighted by Crippen LogP contribution is -2.23. The number of aryl methyl sites for hydroxylation is 1. The van der Waals surface area contributed by atoms with Crippen LogP contribution in [-0.4, -0.2) is 9.55 Å². The van der Waals surface area contributed by atoms with Gasteiger partial charge in [-0.1, -0.05) is 42.5 Å². The van der Waals surface area contributed by atoms with E-state index < -0.39 is 0 Å². The summed E-state index contributed by atoms with van der Waals surface area (Å²) in [6.45, 7) is 4.94. The molecule has 108 valence electrons. The number of hydrogen-bond acceptors (Lipinski definition) is 2. The Morgan fingerprint density at radius 3 is 2.43 bits per heavy atom. The van der Waals surface area contributed by atoms with Crippen LogP contribution in [-0.2, 0) is 19.0 Å². The van der Waals surface area contributed by atoms with Gasteiger partial charge in [-0.3, -0.25) is 0 Å². The molecule has 0 unspecified atom stereocenters. The predicted octanol–water partition coefficient (Wildman–Crippen LogP) is 3.36. The number of nitrogens with two attached hydrogens (primary N) is 1. The van der Waals surface area contributed by atoms with Crippen LogP contribution in [0.1, 0.15) is 30.8 Å². The highest BCUT2D eigenvalue weighted by Gasteiger charge is 2.28. The number of aromatic nitrogens is 2. The number of fused-ring (bicyclic) bond motifs is 1. The third-order valence-electron chi connectivity index (χ3n) is 4.27. The maximum Gasteiger partial charge on any atom is 0.119 e. The average molecular weight is 279 g/mol. The second kappa shape index (κ2) is 5.01. The highest BCUT2D eigenvalue weighted by atomic mass is 15.1. The Morgan fingerprint density at radius 1 is 1.05 bits per heavy atom. The molecule has 0 atom stereocenters. The Bertz CT molecular complexity index is 770. The summed E-state index contributed by atoms with van der Waals surface area (Å²) in [7, 11) is 2.08. The molecular formula is C18H21N3. The van der Waals surface area contributed by atoms with Crippen LogP contribution in [0.15, 0.2) is 48.5 Å². The summed E-state index contributed by atoms with van der Waals surface area (Å²) in [6, 6.07) is 16.7. The molecule has 0 spiro atoms. The van der Waals surface area contributed by atoms with Crippen molar-refractivity contribution in [2.75, 3.05) is 0 Å². The van der Waals surface area contributed by atoms with Crippen molar-refractivity contribution in [2.24, 2.45) is 12.8 Å². The molecule has 2 N–H and O–H groups in total. The van der Waals surface area contributed by atoms with E-state index >= 15 is 0 Å². The van der Waals surface area contributed by atoms with Crippen molar-refractivity contribution in [3.05, 3.63) is 65.5 Å². The van der Waals surface area contributed by atoms with Crippen LogP contribution in [0.3, 0.4) is 0 Å². The first kappa shape index (κ1) is 13.8. The van der Waals surface area contributed by atoms with E-state index in [1.807, 2.05) is 12.1 Å². The molecule has 0 amide bonds. The van der Waals surface area contributed by atoms with Crippen molar-refractivity contribution in [2.45, 2.75) is 25.8 Å². The molecule has 0 aliphatic rings. The van der Waals surface area contributed by atoms with Crippen LogP contribution in [0.2, 0.25) is 0 Å². The van der Waals surface area contributed by atoms with Gasteiger partial charge in [0.1, 0.15) is 5.82 Å². The van der Waals surface area contributed by atoms with Gasteiger partial charge in [-0.05, 0) is 31.0 Å². The molecule has 0 fully saturated rings. The Hall–Kier alpha value is -2.13. The van der Waals surface area contributed by atoms with Crippen molar-refractivity contribution in [3.8, 4) is 0 Å². The molecule has 0 saturated heterocycles. The van der Waals surface area contributed by atoms with E-state index in [2.05, 4.69) is 61.9 Å². The van der Waals surface area contributed by atoms with Gasteiger partial charge in [0.2, 0.25) is 0 Å².